The van der Waals surface area contributed by atoms with Crippen LogP contribution in [0.2, 0.25) is 0 Å². The number of ether oxygens (including phenoxy) is 2. The molecule has 0 N–H and O–H groups in total. The first-order valence-corrected chi connectivity index (χ1v) is 9.27. The molecule has 142 valence electrons. The molecule has 0 saturated heterocycles. The predicted molar refractivity (Wildman–Crippen MR) is 107 cm³/mol. The molecule has 1 atom stereocenters. The van der Waals surface area contributed by atoms with Crippen molar-refractivity contribution in [2.45, 2.75) is 26.4 Å². The van der Waals surface area contributed by atoms with Crippen molar-refractivity contribution in [2.75, 3.05) is 6.61 Å². The maximum atomic E-state index is 12.6. The van der Waals surface area contributed by atoms with Crippen LogP contribution in [-0.4, -0.2) is 18.5 Å². The van der Waals surface area contributed by atoms with Crippen molar-refractivity contribution in [3.63, 3.8) is 0 Å². The van der Waals surface area contributed by atoms with Gasteiger partial charge in [0.15, 0.2) is 5.78 Å². The lowest BCUT2D eigenvalue weighted by Crippen LogP contribution is -2.11. The molecule has 4 rings (SSSR count). The van der Waals surface area contributed by atoms with Crippen LogP contribution in [0.5, 0.6) is 11.5 Å². The Morgan fingerprint density at radius 2 is 2.07 bits per heavy atom. The molecule has 0 spiro atoms. The highest BCUT2D eigenvalue weighted by molar-refractivity contribution is 6.07. The van der Waals surface area contributed by atoms with E-state index in [-0.39, 0.29) is 11.7 Å². The van der Waals surface area contributed by atoms with Crippen molar-refractivity contribution >= 4 is 22.8 Å². The molecular formula is C23H20O5. The molecule has 0 unspecified atom stereocenters. The normalized spacial score (nSPS) is 15.6. The lowest BCUT2D eigenvalue weighted by molar-refractivity contribution is 0.104. The summed E-state index contributed by atoms with van der Waals surface area (Å²) in [5.74, 6) is 1.07. The zero-order chi connectivity index (χ0) is 19.7. The third kappa shape index (κ3) is 3.43. The van der Waals surface area contributed by atoms with Crippen LogP contribution in [0, 0.1) is 0 Å². The van der Waals surface area contributed by atoms with Crippen LogP contribution >= 0.6 is 0 Å². The number of carbonyl (C=O) groups excluding carboxylic acids is 1. The molecule has 3 aromatic rings. The van der Waals surface area contributed by atoms with Crippen LogP contribution < -0.4 is 15.1 Å². The van der Waals surface area contributed by atoms with Gasteiger partial charge >= 0.3 is 5.63 Å². The summed E-state index contributed by atoms with van der Waals surface area (Å²) in [6.07, 6.45) is 3.96. The van der Waals surface area contributed by atoms with Crippen molar-refractivity contribution in [1.82, 2.24) is 0 Å². The second-order valence-corrected chi connectivity index (χ2v) is 6.75. The summed E-state index contributed by atoms with van der Waals surface area (Å²) in [6.45, 7) is 4.43. The molecule has 2 heterocycles. The van der Waals surface area contributed by atoms with Gasteiger partial charge in [0.05, 0.1) is 6.61 Å². The molecule has 1 aliphatic rings. The second kappa shape index (κ2) is 7.35. The Morgan fingerprint density at radius 1 is 1.25 bits per heavy atom. The summed E-state index contributed by atoms with van der Waals surface area (Å²) in [5.41, 5.74) is 1.63. The largest absolute Gasteiger partial charge is 0.493 e. The van der Waals surface area contributed by atoms with Gasteiger partial charge in [0.2, 0.25) is 0 Å². The highest BCUT2D eigenvalue weighted by atomic mass is 16.5. The molecule has 0 amide bonds. The van der Waals surface area contributed by atoms with E-state index in [0.717, 1.165) is 23.3 Å². The van der Waals surface area contributed by atoms with E-state index in [4.69, 9.17) is 13.9 Å². The smallest absolute Gasteiger partial charge is 0.347 e. The van der Waals surface area contributed by atoms with E-state index in [1.54, 1.807) is 30.3 Å². The standard InChI is InChI=1S/C23H20O5/c1-3-26-21-13-17-10-14(2)27-22(17)12-16(21)8-9-19(24)18-11-15-6-4-5-7-20(15)28-23(18)25/h4-9,11-14H,3,10H2,1-2H3/b9-8+/t14-/m0/s1. The molecule has 0 aliphatic carbocycles. The Hall–Kier alpha value is -3.34. The Morgan fingerprint density at radius 3 is 2.89 bits per heavy atom. The van der Waals surface area contributed by atoms with E-state index in [1.165, 1.54) is 6.08 Å². The molecular weight excluding hydrogens is 356 g/mol. The minimum Gasteiger partial charge on any atom is -0.493 e. The number of rotatable bonds is 5. The van der Waals surface area contributed by atoms with Gasteiger partial charge in [-0.3, -0.25) is 4.79 Å². The molecule has 1 aromatic heterocycles. The quantitative estimate of drug-likeness (QED) is 0.375. The van der Waals surface area contributed by atoms with Gasteiger partial charge in [-0.1, -0.05) is 18.2 Å². The van der Waals surface area contributed by atoms with Crippen molar-refractivity contribution in [3.8, 4) is 11.5 Å². The van der Waals surface area contributed by atoms with Gasteiger partial charge in [-0.05, 0) is 50.3 Å². The van der Waals surface area contributed by atoms with E-state index < -0.39 is 11.4 Å². The predicted octanol–water partition coefficient (Wildman–Crippen LogP) is 4.41. The topological polar surface area (TPSA) is 65.7 Å². The molecule has 0 bridgehead atoms. The van der Waals surface area contributed by atoms with Crippen molar-refractivity contribution in [3.05, 3.63) is 75.7 Å². The van der Waals surface area contributed by atoms with Crippen molar-refractivity contribution < 1.29 is 18.7 Å². The molecule has 5 heteroatoms. The number of carbonyl (C=O) groups is 1. The zero-order valence-electron chi connectivity index (χ0n) is 15.7. The van der Waals surface area contributed by atoms with E-state index in [1.807, 2.05) is 32.0 Å². The molecule has 0 fully saturated rings. The lowest BCUT2D eigenvalue weighted by Gasteiger charge is -2.10. The van der Waals surface area contributed by atoms with Crippen LogP contribution in [0.4, 0.5) is 0 Å². The summed E-state index contributed by atoms with van der Waals surface area (Å²) in [4.78, 5) is 24.8. The van der Waals surface area contributed by atoms with Crippen LogP contribution in [-0.2, 0) is 6.42 Å². The molecule has 0 radical (unpaired) electrons. The molecule has 5 nitrogen and oxygen atoms in total. The Kier molecular flexibility index (Phi) is 4.74. The monoisotopic (exact) mass is 376 g/mol. The molecule has 28 heavy (non-hydrogen) atoms. The number of allylic oxidation sites excluding steroid dienone is 1. The summed E-state index contributed by atoms with van der Waals surface area (Å²) in [6, 6.07) is 12.5. The number of hydrogen-bond donors (Lipinski definition) is 0. The Bertz CT molecular complexity index is 1140. The van der Waals surface area contributed by atoms with Gasteiger partial charge in [0, 0.05) is 22.9 Å². The average molecular weight is 376 g/mol. The summed E-state index contributed by atoms with van der Waals surface area (Å²) >= 11 is 0. The van der Waals surface area contributed by atoms with Crippen LogP contribution in [0.15, 0.2) is 57.8 Å². The van der Waals surface area contributed by atoms with E-state index in [2.05, 4.69) is 0 Å². The van der Waals surface area contributed by atoms with Crippen LogP contribution in [0.3, 0.4) is 0 Å². The number of para-hydroxylation sites is 1. The van der Waals surface area contributed by atoms with Gasteiger partial charge in [-0.15, -0.1) is 0 Å². The van der Waals surface area contributed by atoms with Crippen LogP contribution in [0.1, 0.15) is 35.3 Å². The van der Waals surface area contributed by atoms with Crippen molar-refractivity contribution in [2.24, 2.45) is 0 Å². The first-order valence-electron chi connectivity index (χ1n) is 9.27. The number of hydrogen-bond acceptors (Lipinski definition) is 5. The molecule has 2 aromatic carbocycles. The number of benzene rings is 2. The Labute approximate surface area is 162 Å². The first-order chi connectivity index (χ1) is 13.5. The van der Waals surface area contributed by atoms with Gasteiger partial charge in [0.25, 0.3) is 0 Å². The fourth-order valence-corrected chi connectivity index (χ4v) is 3.35. The summed E-state index contributed by atoms with van der Waals surface area (Å²) in [5, 5.41) is 0.703. The summed E-state index contributed by atoms with van der Waals surface area (Å²) < 4.78 is 16.8. The van der Waals surface area contributed by atoms with Gasteiger partial charge in [-0.25, -0.2) is 4.79 Å². The van der Waals surface area contributed by atoms with Gasteiger partial charge in [0.1, 0.15) is 28.7 Å². The fraction of sp³-hybridized carbons (Fsp3) is 0.217. The average Bonchev–Trinajstić information content (AvgIpc) is 3.04. The third-order valence-corrected chi connectivity index (χ3v) is 4.65. The Balaban J connectivity index is 1.67. The van der Waals surface area contributed by atoms with E-state index in [0.29, 0.717) is 23.3 Å². The first kappa shape index (κ1) is 18.0. The maximum Gasteiger partial charge on any atom is 0.347 e. The number of ketones is 1. The minimum atomic E-state index is -0.649. The maximum absolute atomic E-state index is 12.6. The van der Waals surface area contributed by atoms with Crippen molar-refractivity contribution in [1.29, 1.82) is 0 Å². The van der Waals surface area contributed by atoms with E-state index in [9.17, 15) is 9.59 Å². The SMILES string of the molecule is CCOc1cc2c(cc1/C=C/C(=O)c1cc3ccccc3oc1=O)O[C@@H](C)C2. The second-order valence-electron chi connectivity index (χ2n) is 6.75. The molecule has 0 saturated carbocycles. The lowest BCUT2D eigenvalue weighted by atomic mass is 10.0. The van der Waals surface area contributed by atoms with Gasteiger partial charge < -0.3 is 13.9 Å². The summed E-state index contributed by atoms with van der Waals surface area (Å²) in [7, 11) is 0. The third-order valence-electron chi connectivity index (χ3n) is 4.65. The van der Waals surface area contributed by atoms with Gasteiger partial charge in [-0.2, -0.15) is 0 Å². The minimum absolute atomic E-state index is 0.000980. The highest BCUT2D eigenvalue weighted by Gasteiger charge is 2.21. The van der Waals surface area contributed by atoms with Crippen LogP contribution in [0.25, 0.3) is 17.0 Å². The number of fused-ring (bicyclic) bond motifs is 2. The van der Waals surface area contributed by atoms with E-state index >= 15 is 0 Å². The molecule has 1 aliphatic heterocycles. The zero-order valence-corrected chi connectivity index (χ0v) is 15.7. The fourth-order valence-electron chi connectivity index (χ4n) is 3.35. The highest BCUT2D eigenvalue weighted by Crippen LogP contribution is 2.35.